The monoisotopic (exact) mass is 336 g/mol. The van der Waals surface area contributed by atoms with Gasteiger partial charge in [-0.05, 0) is 55.3 Å². The van der Waals surface area contributed by atoms with Crippen molar-refractivity contribution in [2.75, 3.05) is 6.54 Å². The summed E-state index contributed by atoms with van der Waals surface area (Å²) < 4.78 is 14.8. The molecule has 1 unspecified atom stereocenters. The third-order valence-electron chi connectivity index (χ3n) is 3.26. The first-order valence-corrected chi connectivity index (χ1v) is 7.50. The number of pyridine rings is 1. The summed E-state index contributed by atoms with van der Waals surface area (Å²) in [7, 11) is 0. The van der Waals surface area contributed by atoms with Gasteiger partial charge in [0.15, 0.2) is 0 Å². The topological polar surface area (TPSA) is 24.9 Å². The van der Waals surface area contributed by atoms with Crippen LogP contribution in [0.2, 0.25) is 0 Å². The smallest absolute Gasteiger partial charge is 0.126 e. The molecule has 2 nitrogen and oxygen atoms in total. The largest absolute Gasteiger partial charge is 0.309 e. The number of benzene rings is 1. The summed E-state index contributed by atoms with van der Waals surface area (Å²) in [4.78, 5) is 4.45. The lowest BCUT2D eigenvalue weighted by Gasteiger charge is -2.19. The van der Waals surface area contributed by atoms with Crippen molar-refractivity contribution in [3.63, 3.8) is 0 Å². The quantitative estimate of drug-likeness (QED) is 0.885. The molecule has 0 fully saturated rings. The Bertz CT molecular complexity index is 586. The van der Waals surface area contributed by atoms with E-state index in [2.05, 4.69) is 26.2 Å². The van der Waals surface area contributed by atoms with Gasteiger partial charge in [-0.25, -0.2) is 4.39 Å². The van der Waals surface area contributed by atoms with Gasteiger partial charge in [0.05, 0.1) is 11.7 Å². The average Bonchev–Trinajstić information content (AvgIpc) is 2.43. The molecule has 1 aromatic heterocycles. The van der Waals surface area contributed by atoms with E-state index in [1.54, 1.807) is 12.3 Å². The minimum atomic E-state index is -0.176. The number of halogens is 2. The van der Waals surface area contributed by atoms with E-state index >= 15 is 0 Å². The third kappa shape index (κ3) is 3.64. The fourth-order valence-electron chi connectivity index (χ4n) is 2.29. The highest BCUT2D eigenvalue weighted by Crippen LogP contribution is 2.23. The Morgan fingerprint density at radius 2 is 2.15 bits per heavy atom. The molecule has 0 aliphatic rings. The number of aromatic nitrogens is 1. The molecule has 1 N–H and O–H groups in total. The Morgan fingerprint density at radius 3 is 2.85 bits per heavy atom. The Balaban J connectivity index is 2.30. The Hall–Kier alpha value is -1.26. The number of nitrogens with zero attached hydrogens (tertiary/aromatic N) is 1. The summed E-state index contributed by atoms with van der Waals surface area (Å²) in [5.74, 6) is -0.176. The second kappa shape index (κ2) is 6.95. The molecule has 1 aromatic carbocycles. The highest BCUT2D eigenvalue weighted by molar-refractivity contribution is 9.10. The molecule has 0 saturated heterocycles. The Labute approximate surface area is 127 Å². The van der Waals surface area contributed by atoms with E-state index in [0.717, 1.165) is 22.3 Å². The van der Waals surface area contributed by atoms with Crippen LogP contribution < -0.4 is 5.32 Å². The van der Waals surface area contributed by atoms with E-state index in [9.17, 15) is 4.39 Å². The first-order chi connectivity index (χ1) is 9.61. The van der Waals surface area contributed by atoms with Crippen LogP contribution in [0.3, 0.4) is 0 Å². The Kier molecular flexibility index (Phi) is 5.26. The normalized spacial score (nSPS) is 12.4. The number of rotatable bonds is 5. The molecule has 106 valence electrons. The fourth-order valence-corrected chi connectivity index (χ4v) is 2.70. The number of hydrogen-bond donors (Lipinski definition) is 1. The molecule has 0 bridgehead atoms. The average molecular weight is 337 g/mol. The maximum atomic E-state index is 13.9. The van der Waals surface area contributed by atoms with Gasteiger partial charge in [0.2, 0.25) is 0 Å². The molecule has 0 aliphatic carbocycles. The summed E-state index contributed by atoms with van der Waals surface area (Å²) in [6, 6.07) is 9.01. The molecule has 20 heavy (non-hydrogen) atoms. The van der Waals surface area contributed by atoms with E-state index in [1.807, 2.05) is 32.0 Å². The summed E-state index contributed by atoms with van der Waals surface area (Å²) in [5, 5.41) is 3.39. The molecule has 1 atom stereocenters. The van der Waals surface area contributed by atoms with Crippen molar-refractivity contribution in [1.82, 2.24) is 10.3 Å². The maximum absolute atomic E-state index is 13.9. The van der Waals surface area contributed by atoms with Gasteiger partial charge >= 0.3 is 0 Å². The second-order valence-electron chi connectivity index (χ2n) is 4.76. The fraction of sp³-hybridized carbons (Fsp3) is 0.312. The zero-order valence-corrected chi connectivity index (χ0v) is 13.2. The third-order valence-corrected chi connectivity index (χ3v) is 3.76. The highest BCUT2D eigenvalue weighted by Gasteiger charge is 2.16. The van der Waals surface area contributed by atoms with Crippen molar-refractivity contribution in [3.05, 3.63) is 63.6 Å². The van der Waals surface area contributed by atoms with Gasteiger partial charge in [0.25, 0.3) is 0 Å². The van der Waals surface area contributed by atoms with Crippen molar-refractivity contribution >= 4 is 15.9 Å². The molecular formula is C16H18BrFN2. The van der Waals surface area contributed by atoms with Gasteiger partial charge in [0.1, 0.15) is 5.82 Å². The van der Waals surface area contributed by atoms with E-state index in [0.29, 0.717) is 12.0 Å². The molecule has 4 heteroatoms. The number of likely N-dealkylation sites (N-methyl/N-ethyl adjacent to an activating group) is 1. The molecule has 0 aliphatic heterocycles. The molecular weight excluding hydrogens is 319 g/mol. The summed E-state index contributed by atoms with van der Waals surface area (Å²) in [6.45, 7) is 4.89. The van der Waals surface area contributed by atoms with Crippen LogP contribution in [-0.4, -0.2) is 11.5 Å². The van der Waals surface area contributed by atoms with Gasteiger partial charge in [-0.2, -0.15) is 0 Å². The Morgan fingerprint density at radius 1 is 1.35 bits per heavy atom. The van der Waals surface area contributed by atoms with Crippen molar-refractivity contribution < 1.29 is 4.39 Å². The summed E-state index contributed by atoms with van der Waals surface area (Å²) >= 11 is 3.39. The lowest BCUT2D eigenvalue weighted by atomic mass is 9.99. The minimum Gasteiger partial charge on any atom is -0.309 e. The highest BCUT2D eigenvalue weighted by atomic mass is 79.9. The molecule has 0 spiro atoms. The maximum Gasteiger partial charge on any atom is 0.126 e. The van der Waals surface area contributed by atoms with E-state index in [1.165, 1.54) is 6.07 Å². The molecule has 2 aromatic rings. The molecule has 2 rings (SSSR count). The zero-order valence-electron chi connectivity index (χ0n) is 11.7. The molecule has 1 heterocycles. The van der Waals surface area contributed by atoms with Crippen LogP contribution in [0.1, 0.15) is 29.8 Å². The SMILES string of the molecule is CCNC(Cc1cc(Br)ccc1F)c1ncccc1C. The van der Waals surface area contributed by atoms with Crippen molar-refractivity contribution in [2.45, 2.75) is 26.3 Å². The predicted molar refractivity (Wildman–Crippen MR) is 83.2 cm³/mol. The van der Waals surface area contributed by atoms with Crippen molar-refractivity contribution in [2.24, 2.45) is 0 Å². The molecule has 0 saturated carbocycles. The standard InChI is InChI=1S/C16H18BrFN2/c1-3-19-15(16-11(2)5-4-8-20-16)10-12-9-13(17)6-7-14(12)18/h4-9,15,19H,3,10H2,1-2H3. The number of nitrogens with one attached hydrogen (secondary N) is 1. The van der Waals surface area contributed by atoms with Crippen LogP contribution in [0.5, 0.6) is 0 Å². The number of aryl methyl sites for hydroxylation is 1. The van der Waals surface area contributed by atoms with E-state index in [-0.39, 0.29) is 11.9 Å². The predicted octanol–water partition coefficient (Wildman–Crippen LogP) is 4.18. The van der Waals surface area contributed by atoms with Gasteiger partial charge < -0.3 is 5.32 Å². The van der Waals surface area contributed by atoms with Gasteiger partial charge in [-0.1, -0.05) is 28.9 Å². The van der Waals surface area contributed by atoms with Crippen LogP contribution in [0.4, 0.5) is 4.39 Å². The lowest BCUT2D eigenvalue weighted by molar-refractivity contribution is 0.515. The van der Waals surface area contributed by atoms with E-state index in [4.69, 9.17) is 0 Å². The first kappa shape index (κ1) is 15.1. The van der Waals surface area contributed by atoms with Gasteiger partial charge in [-0.15, -0.1) is 0 Å². The zero-order chi connectivity index (χ0) is 14.5. The summed E-state index contributed by atoms with van der Waals surface area (Å²) in [5.41, 5.74) is 2.79. The van der Waals surface area contributed by atoms with Crippen LogP contribution in [0, 0.1) is 12.7 Å². The van der Waals surface area contributed by atoms with Crippen LogP contribution in [-0.2, 0) is 6.42 Å². The first-order valence-electron chi connectivity index (χ1n) is 6.70. The lowest BCUT2D eigenvalue weighted by Crippen LogP contribution is -2.25. The van der Waals surface area contributed by atoms with Gasteiger partial charge in [-0.3, -0.25) is 4.98 Å². The summed E-state index contributed by atoms with van der Waals surface area (Å²) in [6.07, 6.45) is 2.36. The number of hydrogen-bond acceptors (Lipinski definition) is 2. The van der Waals surface area contributed by atoms with Gasteiger partial charge in [0, 0.05) is 10.7 Å². The van der Waals surface area contributed by atoms with Crippen molar-refractivity contribution in [3.8, 4) is 0 Å². The molecule has 0 amide bonds. The van der Waals surface area contributed by atoms with E-state index < -0.39 is 0 Å². The van der Waals surface area contributed by atoms with Crippen molar-refractivity contribution in [1.29, 1.82) is 0 Å². The molecule has 0 radical (unpaired) electrons. The van der Waals surface area contributed by atoms with Crippen LogP contribution in [0.25, 0.3) is 0 Å². The van der Waals surface area contributed by atoms with Crippen LogP contribution >= 0.6 is 15.9 Å². The van der Waals surface area contributed by atoms with Crippen LogP contribution in [0.15, 0.2) is 41.0 Å². The minimum absolute atomic E-state index is 0.0185. The second-order valence-corrected chi connectivity index (χ2v) is 5.67.